The Morgan fingerprint density at radius 3 is 2.55 bits per heavy atom. The summed E-state index contributed by atoms with van der Waals surface area (Å²) in [4.78, 5) is 10.9. The number of para-hydroxylation sites is 1. The minimum Gasteiger partial charge on any atom is -0.504 e. The number of aldehydes is 1. The Morgan fingerprint density at radius 2 is 1.90 bits per heavy atom. The molecule has 0 saturated carbocycles. The molecular weight excluding hydrogens is 256 g/mol. The molecule has 1 N–H and O–H groups in total. The van der Waals surface area contributed by atoms with Crippen LogP contribution in [-0.2, 0) is 6.61 Å². The highest BCUT2D eigenvalue weighted by Gasteiger charge is 2.11. The molecule has 104 valence electrons. The van der Waals surface area contributed by atoms with Crippen LogP contribution in [-0.4, -0.2) is 18.0 Å². The van der Waals surface area contributed by atoms with Crippen LogP contribution in [0, 0.1) is 0 Å². The van der Waals surface area contributed by atoms with Crippen LogP contribution in [0.4, 0.5) is 0 Å². The second kappa shape index (κ2) is 6.61. The number of carbonyl (C=O) groups is 1. The molecule has 0 fully saturated rings. The number of phenolic OH excluding ortho intramolecular Hbond substituents is 1. The van der Waals surface area contributed by atoms with Gasteiger partial charge < -0.3 is 14.6 Å². The molecular formula is C16H16O4. The molecule has 0 aliphatic carbocycles. The maximum Gasteiger partial charge on any atom is 0.164 e. The summed E-state index contributed by atoms with van der Waals surface area (Å²) in [6.07, 6.45) is 0.716. The summed E-state index contributed by atoms with van der Waals surface area (Å²) < 4.78 is 10.9. The lowest BCUT2D eigenvalue weighted by Gasteiger charge is -2.12. The normalized spacial score (nSPS) is 10.1. The van der Waals surface area contributed by atoms with Crippen molar-refractivity contribution in [3.8, 4) is 17.2 Å². The molecule has 20 heavy (non-hydrogen) atoms. The number of hydrogen-bond acceptors (Lipinski definition) is 4. The smallest absolute Gasteiger partial charge is 0.164 e. The van der Waals surface area contributed by atoms with E-state index in [0.717, 1.165) is 0 Å². The summed E-state index contributed by atoms with van der Waals surface area (Å²) in [6.45, 7) is 2.39. The highest BCUT2D eigenvalue weighted by atomic mass is 16.5. The van der Waals surface area contributed by atoms with Gasteiger partial charge >= 0.3 is 0 Å². The van der Waals surface area contributed by atoms with E-state index in [4.69, 9.17) is 9.47 Å². The molecule has 0 aromatic heterocycles. The molecule has 0 amide bonds. The van der Waals surface area contributed by atoms with Crippen LogP contribution >= 0.6 is 0 Å². The highest BCUT2D eigenvalue weighted by Crippen LogP contribution is 2.32. The van der Waals surface area contributed by atoms with Crippen LogP contribution in [0.5, 0.6) is 17.2 Å². The summed E-state index contributed by atoms with van der Waals surface area (Å²) in [5, 5.41) is 10.1. The van der Waals surface area contributed by atoms with E-state index in [2.05, 4.69) is 0 Å². The van der Waals surface area contributed by atoms with E-state index in [0.29, 0.717) is 35.5 Å². The number of phenols is 1. The predicted octanol–water partition coefficient (Wildman–Crippen LogP) is 3.18. The first kappa shape index (κ1) is 13.9. The number of benzene rings is 2. The maximum atomic E-state index is 10.9. The molecule has 0 saturated heterocycles. The zero-order valence-corrected chi connectivity index (χ0v) is 11.2. The Hall–Kier alpha value is -2.49. The van der Waals surface area contributed by atoms with Crippen molar-refractivity contribution in [2.75, 3.05) is 6.61 Å². The van der Waals surface area contributed by atoms with Crippen molar-refractivity contribution in [2.24, 2.45) is 0 Å². The standard InChI is InChI=1S/C16H16O4/c1-2-19-15-9-12(10-17)8-13(16(15)18)11-20-14-6-4-3-5-7-14/h3-10,18H,2,11H2,1H3. The molecule has 0 radical (unpaired) electrons. The molecule has 0 aliphatic heterocycles. The van der Waals surface area contributed by atoms with E-state index < -0.39 is 0 Å². The first-order chi connectivity index (χ1) is 9.74. The first-order valence-corrected chi connectivity index (χ1v) is 6.36. The topological polar surface area (TPSA) is 55.8 Å². The van der Waals surface area contributed by atoms with E-state index >= 15 is 0 Å². The number of hydrogen-bond donors (Lipinski definition) is 1. The lowest BCUT2D eigenvalue weighted by atomic mass is 10.1. The van der Waals surface area contributed by atoms with Gasteiger partial charge in [0.2, 0.25) is 0 Å². The molecule has 2 aromatic carbocycles. The molecule has 0 aliphatic rings. The second-order valence-electron chi connectivity index (χ2n) is 4.18. The van der Waals surface area contributed by atoms with Crippen molar-refractivity contribution in [3.05, 3.63) is 53.6 Å². The zero-order chi connectivity index (χ0) is 14.4. The molecule has 2 aromatic rings. The average molecular weight is 272 g/mol. The zero-order valence-electron chi connectivity index (χ0n) is 11.2. The summed E-state index contributed by atoms with van der Waals surface area (Å²) in [5.74, 6) is 0.999. The van der Waals surface area contributed by atoms with Crippen molar-refractivity contribution in [1.82, 2.24) is 0 Å². The van der Waals surface area contributed by atoms with Crippen LogP contribution in [0.3, 0.4) is 0 Å². The quantitative estimate of drug-likeness (QED) is 0.820. The van der Waals surface area contributed by atoms with Crippen LogP contribution in [0.1, 0.15) is 22.8 Å². The van der Waals surface area contributed by atoms with Crippen LogP contribution < -0.4 is 9.47 Å². The van der Waals surface area contributed by atoms with Crippen molar-refractivity contribution >= 4 is 6.29 Å². The number of aromatic hydroxyl groups is 1. The fourth-order valence-electron chi connectivity index (χ4n) is 1.81. The maximum absolute atomic E-state index is 10.9. The summed E-state index contributed by atoms with van der Waals surface area (Å²) in [7, 11) is 0. The summed E-state index contributed by atoms with van der Waals surface area (Å²) in [5.41, 5.74) is 0.958. The van der Waals surface area contributed by atoms with E-state index in [1.54, 1.807) is 6.07 Å². The van der Waals surface area contributed by atoms with Crippen molar-refractivity contribution in [3.63, 3.8) is 0 Å². The lowest BCUT2D eigenvalue weighted by Crippen LogP contribution is -2.00. The largest absolute Gasteiger partial charge is 0.504 e. The van der Waals surface area contributed by atoms with Crippen molar-refractivity contribution in [1.29, 1.82) is 0 Å². The summed E-state index contributed by atoms with van der Waals surface area (Å²) >= 11 is 0. The van der Waals surface area contributed by atoms with Crippen LogP contribution in [0.15, 0.2) is 42.5 Å². The Bertz CT molecular complexity index is 579. The molecule has 0 atom stereocenters. The predicted molar refractivity (Wildman–Crippen MR) is 75.4 cm³/mol. The third-order valence-corrected chi connectivity index (χ3v) is 2.75. The Morgan fingerprint density at radius 1 is 1.15 bits per heavy atom. The van der Waals surface area contributed by atoms with Gasteiger partial charge in [-0.25, -0.2) is 0 Å². The SMILES string of the molecule is CCOc1cc(C=O)cc(COc2ccccc2)c1O. The van der Waals surface area contributed by atoms with Crippen molar-refractivity contribution < 1.29 is 19.4 Å². The third-order valence-electron chi connectivity index (χ3n) is 2.75. The van der Waals surface area contributed by atoms with Gasteiger partial charge in [0.15, 0.2) is 11.5 Å². The van der Waals surface area contributed by atoms with Crippen LogP contribution in [0.25, 0.3) is 0 Å². The monoisotopic (exact) mass is 272 g/mol. The molecule has 0 bridgehead atoms. The van der Waals surface area contributed by atoms with Gasteiger partial charge in [-0.3, -0.25) is 4.79 Å². The fourth-order valence-corrected chi connectivity index (χ4v) is 1.81. The molecule has 4 nitrogen and oxygen atoms in total. The molecule has 0 unspecified atom stereocenters. The summed E-state index contributed by atoms with van der Waals surface area (Å²) in [6, 6.07) is 12.4. The Kier molecular flexibility index (Phi) is 4.60. The van der Waals surface area contributed by atoms with Gasteiger partial charge in [0.1, 0.15) is 18.6 Å². The van der Waals surface area contributed by atoms with Gasteiger partial charge in [-0.05, 0) is 31.2 Å². The Labute approximate surface area is 117 Å². The van der Waals surface area contributed by atoms with Gasteiger partial charge in [0.25, 0.3) is 0 Å². The fraction of sp³-hybridized carbons (Fsp3) is 0.188. The molecule has 0 spiro atoms. The number of carbonyl (C=O) groups excluding carboxylic acids is 1. The van der Waals surface area contributed by atoms with E-state index in [1.165, 1.54) is 6.07 Å². The van der Waals surface area contributed by atoms with E-state index in [1.807, 2.05) is 37.3 Å². The number of ether oxygens (including phenoxy) is 2. The second-order valence-corrected chi connectivity index (χ2v) is 4.18. The minimum atomic E-state index is 0.00776. The molecule has 2 rings (SSSR count). The minimum absolute atomic E-state index is 0.00776. The average Bonchev–Trinajstić information content (AvgIpc) is 2.49. The van der Waals surface area contributed by atoms with E-state index in [-0.39, 0.29) is 12.4 Å². The van der Waals surface area contributed by atoms with Crippen LogP contribution in [0.2, 0.25) is 0 Å². The molecule has 0 heterocycles. The lowest BCUT2D eigenvalue weighted by molar-refractivity contribution is 0.112. The van der Waals surface area contributed by atoms with Gasteiger partial charge in [-0.1, -0.05) is 18.2 Å². The first-order valence-electron chi connectivity index (χ1n) is 6.36. The van der Waals surface area contributed by atoms with Gasteiger partial charge in [-0.2, -0.15) is 0 Å². The van der Waals surface area contributed by atoms with E-state index in [9.17, 15) is 9.90 Å². The van der Waals surface area contributed by atoms with Gasteiger partial charge in [0.05, 0.1) is 6.61 Å². The van der Waals surface area contributed by atoms with Gasteiger partial charge in [-0.15, -0.1) is 0 Å². The number of rotatable bonds is 6. The van der Waals surface area contributed by atoms with Gasteiger partial charge in [0, 0.05) is 11.1 Å². The Balaban J connectivity index is 2.21. The third kappa shape index (κ3) is 3.29. The highest BCUT2D eigenvalue weighted by molar-refractivity contribution is 5.77. The molecule has 4 heteroatoms. The van der Waals surface area contributed by atoms with Crippen molar-refractivity contribution in [2.45, 2.75) is 13.5 Å².